The summed E-state index contributed by atoms with van der Waals surface area (Å²) in [6, 6.07) is 11.3. The fourth-order valence-electron chi connectivity index (χ4n) is 3.88. The van der Waals surface area contributed by atoms with Crippen molar-refractivity contribution in [2.45, 2.75) is 19.4 Å². The van der Waals surface area contributed by atoms with Crippen molar-refractivity contribution in [3.05, 3.63) is 59.2 Å². The average molecular weight is 469 g/mol. The van der Waals surface area contributed by atoms with E-state index in [9.17, 15) is 14.7 Å². The molecule has 8 nitrogen and oxygen atoms in total. The average Bonchev–Trinajstić information content (AvgIpc) is 3.10. The molecule has 2 aromatic rings. The second-order valence-electron chi connectivity index (χ2n) is 8.29. The number of likely N-dealkylation sites (tertiary alicyclic amines) is 1. The summed E-state index contributed by atoms with van der Waals surface area (Å²) in [5.41, 5.74) is 1.06. The first-order valence-electron chi connectivity index (χ1n) is 11.2. The molecule has 1 saturated heterocycles. The van der Waals surface area contributed by atoms with Crippen molar-refractivity contribution in [1.82, 2.24) is 9.80 Å². The number of carbonyl (C=O) groups is 2. The number of ether oxygens (including phenoxy) is 3. The van der Waals surface area contributed by atoms with Crippen LogP contribution in [0, 0.1) is 0 Å². The van der Waals surface area contributed by atoms with Crippen molar-refractivity contribution in [1.29, 1.82) is 0 Å². The van der Waals surface area contributed by atoms with Crippen molar-refractivity contribution in [3.8, 4) is 17.2 Å². The van der Waals surface area contributed by atoms with Gasteiger partial charge in [-0.05, 0) is 50.3 Å². The molecule has 1 aliphatic rings. The molecule has 34 heavy (non-hydrogen) atoms. The van der Waals surface area contributed by atoms with E-state index >= 15 is 0 Å². The van der Waals surface area contributed by atoms with Gasteiger partial charge in [0.2, 0.25) is 0 Å². The largest absolute Gasteiger partial charge is 0.507 e. The molecule has 1 N–H and O–H groups in total. The SMILES string of the molecule is CCCOc1ccc([C@@H]2/C(=C(\O)c3cccc(OC)c3)C(=O)C(=O)N2CCN(C)C)cc1OC. The van der Waals surface area contributed by atoms with E-state index in [0.717, 1.165) is 6.42 Å². The highest BCUT2D eigenvalue weighted by atomic mass is 16.5. The summed E-state index contributed by atoms with van der Waals surface area (Å²) in [5.74, 6) is -0.0333. The quantitative estimate of drug-likeness (QED) is 0.324. The fraction of sp³-hybridized carbons (Fsp3) is 0.385. The predicted molar refractivity (Wildman–Crippen MR) is 129 cm³/mol. The molecular formula is C26H32N2O6. The Morgan fingerprint density at radius 3 is 2.47 bits per heavy atom. The van der Waals surface area contributed by atoms with Crippen LogP contribution in [0.2, 0.25) is 0 Å². The van der Waals surface area contributed by atoms with E-state index in [2.05, 4.69) is 0 Å². The minimum atomic E-state index is -0.778. The van der Waals surface area contributed by atoms with Gasteiger partial charge in [0, 0.05) is 18.7 Å². The van der Waals surface area contributed by atoms with Gasteiger partial charge in [-0.25, -0.2) is 0 Å². The molecule has 1 amide bonds. The molecule has 0 radical (unpaired) electrons. The number of aliphatic hydroxyl groups excluding tert-OH is 1. The van der Waals surface area contributed by atoms with Crippen LogP contribution in [0.5, 0.6) is 17.2 Å². The molecule has 0 saturated carbocycles. The Hall–Kier alpha value is -3.52. The van der Waals surface area contributed by atoms with Crippen molar-refractivity contribution < 1.29 is 28.9 Å². The molecule has 1 fully saturated rings. The molecule has 0 unspecified atom stereocenters. The van der Waals surface area contributed by atoms with E-state index < -0.39 is 17.7 Å². The van der Waals surface area contributed by atoms with Gasteiger partial charge in [-0.15, -0.1) is 0 Å². The molecule has 0 spiro atoms. The van der Waals surface area contributed by atoms with Crippen LogP contribution in [0.4, 0.5) is 0 Å². The van der Waals surface area contributed by atoms with Gasteiger partial charge in [0.25, 0.3) is 11.7 Å². The standard InChI is InChI=1S/C26H32N2O6/c1-6-14-34-20-11-10-17(16-21(20)33-5)23-22(24(29)18-8-7-9-19(15-18)32-4)25(30)26(31)28(23)13-12-27(2)3/h7-11,15-16,23,29H,6,12-14H2,1-5H3/b24-22+/t23-/m1/s1. The van der Waals surface area contributed by atoms with Crippen LogP contribution >= 0.6 is 0 Å². The number of likely N-dealkylation sites (N-methyl/N-ethyl adjacent to an activating group) is 1. The van der Waals surface area contributed by atoms with Crippen LogP contribution in [0.3, 0.4) is 0 Å². The first kappa shape index (κ1) is 25.1. The molecule has 8 heteroatoms. The predicted octanol–water partition coefficient (Wildman–Crippen LogP) is 3.48. The van der Waals surface area contributed by atoms with E-state index in [1.165, 1.54) is 19.1 Å². The van der Waals surface area contributed by atoms with E-state index in [-0.39, 0.29) is 11.3 Å². The first-order valence-corrected chi connectivity index (χ1v) is 11.2. The molecular weight excluding hydrogens is 436 g/mol. The molecule has 0 aliphatic carbocycles. The third kappa shape index (κ3) is 5.17. The van der Waals surface area contributed by atoms with Crippen LogP contribution in [0.25, 0.3) is 5.76 Å². The number of carbonyl (C=O) groups excluding carboxylic acids is 2. The zero-order valence-electron chi connectivity index (χ0n) is 20.3. The van der Waals surface area contributed by atoms with Crippen molar-refractivity contribution >= 4 is 17.4 Å². The van der Waals surface area contributed by atoms with E-state index in [1.54, 1.807) is 42.5 Å². The summed E-state index contributed by atoms with van der Waals surface area (Å²) in [7, 11) is 6.85. The molecule has 1 atom stereocenters. The van der Waals surface area contributed by atoms with Crippen LogP contribution in [0.15, 0.2) is 48.0 Å². The van der Waals surface area contributed by atoms with Crippen LogP contribution < -0.4 is 14.2 Å². The Morgan fingerprint density at radius 2 is 1.82 bits per heavy atom. The van der Waals surface area contributed by atoms with Gasteiger partial charge in [0.05, 0.1) is 32.4 Å². The molecule has 1 heterocycles. The zero-order chi connectivity index (χ0) is 24.8. The van der Waals surface area contributed by atoms with Crippen molar-refractivity contribution in [3.63, 3.8) is 0 Å². The van der Waals surface area contributed by atoms with E-state index in [0.29, 0.717) is 48.1 Å². The van der Waals surface area contributed by atoms with Crippen molar-refractivity contribution in [2.24, 2.45) is 0 Å². The van der Waals surface area contributed by atoms with Gasteiger partial charge in [-0.3, -0.25) is 9.59 Å². The van der Waals surface area contributed by atoms with Gasteiger partial charge < -0.3 is 29.1 Å². The Bertz CT molecular complexity index is 1080. The summed E-state index contributed by atoms with van der Waals surface area (Å²) in [4.78, 5) is 29.7. The maximum atomic E-state index is 13.2. The maximum absolute atomic E-state index is 13.2. The summed E-state index contributed by atoms with van der Waals surface area (Å²) in [6.45, 7) is 3.41. The minimum absolute atomic E-state index is 0.0290. The molecule has 1 aliphatic heterocycles. The maximum Gasteiger partial charge on any atom is 0.295 e. The summed E-state index contributed by atoms with van der Waals surface area (Å²) in [5, 5.41) is 11.2. The topological polar surface area (TPSA) is 88.5 Å². The third-order valence-electron chi connectivity index (χ3n) is 5.64. The molecule has 2 aromatic carbocycles. The number of Topliss-reactive ketones (excluding diaryl/α,β-unsaturated/α-hetero) is 1. The van der Waals surface area contributed by atoms with E-state index in [1.807, 2.05) is 25.9 Å². The number of methoxy groups -OCH3 is 2. The second-order valence-corrected chi connectivity index (χ2v) is 8.29. The lowest BCUT2D eigenvalue weighted by Gasteiger charge is -2.27. The lowest BCUT2D eigenvalue weighted by molar-refractivity contribution is -0.140. The number of hydrogen-bond donors (Lipinski definition) is 1. The first-order chi connectivity index (χ1) is 16.3. The smallest absolute Gasteiger partial charge is 0.295 e. The summed E-state index contributed by atoms with van der Waals surface area (Å²) in [6.07, 6.45) is 0.843. The third-order valence-corrected chi connectivity index (χ3v) is 5.64. The number of amides is 1. The molecule has 182 valence electrons. The number of aliphatic hydroxyl groups is 1. The van der Waals surface area contributed by atoms with Crippen LogP contribution in [-0.2, 0) is 9.59 Å². The van der Waals surface area contributed by atoms with Gasteiger partial charge >= 0.3 is 0 Å². The number of ketones is 1. The van der Waals surface area contributed by atoms with Crippen LogP contribution in [0.1, 0.15) is 30.5 Å². The summed E-state index contributed by atoms with van der Waals surface area (Å²) < 4.78 is 16.5. The number of hydrogen-bond acceptors (Lipinski definition) is 7. The normalized spacial score (nSPS) is 17.4. The highest BCUT2D eigenvalue weighted by Crippen LogP contribution is 2.42. The highest BCUT2D eigenvalue weighted by Gasteiger charge is 2.46. The second kappa shape index (κ2) is 11.1. The minimum Gasteiger partial charge on any atom is -0.507 e. The monoisotopic (exact) mass is 468 g/mol. The van der Waals surface area contributed by atoms with E-state index in [4.69, 9.17) is 14.2 Å². The Balaban J connectivity index is 2.15. The van der Waals surface area contributed by atoms with Gasteiger partial charge in [0.1, 0.15) is 11.5 Å². The van der Waals surface area contributed by atoms with Gasteiger partial charge in [-0.1, -0.05) is 25.1 Å². The molecule has 0 aromatic heterocycles. The fourth-order valence-corrected chi connectivity index (χ4v) is 3.88. The lowest BCUT2D eigenvalue weighted by atomic mass is 9.95. The van der Waals surface area contributed by atoms with Gasteiger partial charge in [-0.2, -0.15) is 0 Å². The number of rotatable bonds is 10. The Kier molecular flexibility index (Phi) is 8.17. The van der Waals surface area contributed by atoms with Crippen molar-refractivity contribution in [2.75, 3.05) is 48.0 Å². The number of benzene rings is 2. The van der Waals surface area contributed by atoms with Gasteiger partial charge in [0.15, 0.2) is 11.5 Å². The highest BCUT2D eigenvalue weighted by molar-refractivity contribution is 6.46. The lowest BCUT2D eigenvalue weighted by Crippen LogP contribution is -2.35. The van der Waals surface area contributed by atoms with Crippen LogP contribution in [-0.4, -0.2) is 74.6 Å². The Morgan fingerprint density at radius 1 is 1.06 bits per heavy atom. The zero-order valence-corrected chi connectivity index (χ0v) is 20.3. The summed E-state index contributed by atoms with van der Waals surface area (Å²) >= 11 is 0. The number of nitrogens with zero attached hydrogens (tertiary/aromatic N) is 2. The molecule has 0 bridgehead atoms. The molecule has 3 rings (SSSR count). The Labute approximate surface area is 200 Å².